The lowest BCUT2D eigenvalue weighted by atomic mass is 9.86. The summed E-state index contributed by atoms with van der Waals surface area (Å²) in [6.45, 7) is 10.00. The van der Waals surface area contributed by atoms with Crippen LogP contribution in [0.15, 0.2) is 30.3 Å². The van der Waals surface area contributed by atoms with Crippen molar-refractivity contribution in [2.75, 3.05) is 26.2 Å². The monoisotopic (exact) mass is 345 g/mol. The van der Waals surface area contributed by atoms with E-state index in [2.05, 4.69) is 49.5 Å². The first-order valence-electron chi connectivity index (χ1n) is 10.2. The molecule has 1 aliphatic heterocycles. The van der Waals surface area contributed by atoms with Gasteiger partial charge in [-0.3, -0.25) is 4.79 Å². The fraction of sp³-hybridized carbons (Fsp3) is 0.667. The normalized spacial score (nSPS) is 31.3. The Labute approximate surface area is 152 Å². The maximum atomic E-state index is 12.7. The van der Waals surface area contributed by atoms with Crippen LogP contribution in [0.4, 0.5) is 0 Å². The number of carbonyl (C=O) groups excluding carboxylic acids is 1. The van der Waals surface area contributed by atoms with Crippen LogP contribution in [0.25, 0.3) is 0 Å². The zero-order valence-corrected chi connectivity index (χ0v) is 15.9. The number of nitrogens with one attached hydrogen (secondary N) is 3. The minimum atomic E-state index is 0.0763. The number of carbonyl (C=O) groups is 1. The molecule has 0 radical (unpaired) electrons. The molecule has 1 aliphatic carbocycles. The Bertz CT molecular complexity index is 539. The molecule has 1 amide bonds. The van der Waals surface area contributed by atoms with Crippen molar-refractivity contribution in [2.24, 2.45) is 5.92 Å². The summed E-state index contributed by atoms with van der Waals surface area (Å²) in [5.74, 6) is 0.896. The van der Waals surface area contributed by atoms with E-state index in [1.54, 1.807) is 4.90 Å². The third-order valence-electron chi connectivity index (χ3n) is 6.34. The van der Waals surface area contributed by atoms with Crippen LogP contribution in [-0.2, 0) is 11.3 Å². The van der Waals surface area contributed by atoms with E-state index < -0.39 is 0 Å². The van der Waals surface area contributed by atoms with Crippen molar-refractivity contribution in [2.45, 2.75) is 58.2 Å². The van der Waals surface area contributed by atoms with Gasteiger partial charge in [-0.1, -0.05) is 50.1 Å². The fourth-order valence-corrected chi connectivity index (χ4v) is 4.44. The minimum absolute atomic E-state index is 0.0763. The van der Waals surface area contributed by atoms with E-state index in [-0.39, 0.29) is 11.9 Å². The fourth-order valence-electron chi connectivity index (χ4n) is 4.44. The van der Waals surface area contributed by atoms with Crippen LogP contribution in [0, 0.1) is 5.92 Å². The molecule has 1 saturated heterocycles. The number of benzene rings is 1. The predicted molar refractivity (Wildman–Crippen MR) is 101 cm³/mol. The van der Waals surface area contributed by atoms with Crippen LogP contribution >= 0.6 is 0 Å². The molecule has 0 spiro atoms. The van der Waals surface area contributed by atoms with E-state index in [1.807, 2.05) is 0 Å². The summed E-state index contributed by atoms with van der Waals surface area (Å²) < 4.78 is 0. The van der Waals surface area contributed by atoms with Crippen molar-refractivity contribution < 1.29 is 14.6 Å². The molecule has 1 aromatic rings. The Morgan fingerprint density at radius 2 is 1.80 bits per heavy atom. The molecule has 4 nitrogen and oxygen atoms in total. The van der Waals surface area contributed by atoms with Gasteiger partial charge in [-0.2, -0.15) is 0 Å². The summed E-state index contributed by atoms with van der Waals surface area (Å²) in [5.41, 5.74) is 1.41. The van der Waals surface area contributed by atoms with Gasteiger partial charge in [0, 0.05) is 11.6 Å². The predicted octanol–water partition coefficient (Wildman–Crippen LogP) is 0.0534. The van der Waals surface area contributed by atoms with Gasteiger partial charge in [0.25, 0.3) is 5.91 Å². The molecule has 0 aromatic heterocycles. The van der Waals surface area contributed by atoms with Gasteiger partial charge in [0.05, 0.1) is 0 Å². The Morgan fingerprint density at radius 3 is 2.48 bits per heavy atom. The molecule has 3 N–H and O–H groups in total. The van der Waals surface area contributed by atoms with Crippen molar-refractivity contribution >= 4 is 5.91 Å². The van der Waals surface area contributed by atoms with Crippen LogP contribution in [-0.4, -0.2) is 44.2 Å². The molecule has 25 heavy (non-hydrogen) atoms. The van der Waals surface area contributed by atoms with E-state index in [4.69, 9.17) is 0 Å². The average molecular weight is 346 g/mol. The van der Waals surface area contributed by atoms with E-state index in [0.29, 0.717) is 12.0 Å². The molecule has 3 rings (SSSR count). The van der Waals surface area contributed by atoms with Crippen molar-refractivity contribution in [3.63, 3.8) is 0 Å². The first kappa shape index (κ1) is 18.4. The van der Waals surface area contributed by atoms with Gasteiger partial charge in [0.1, 0.15) is 32.7 Å². The Hall–Kier alpha value is -1.39. The molecule has 1 heterocycles. The number of amides is 1. The number of rotatable bonds is 5. The maximum absolute atomic E-state index is 12.7. The van der Waals surface area contributed by atoms with Crippen LogP contribution < -0.4 is 15.1 Å². The lowest BCUT2D eigenvalue weighted by molar-refractivity contribution is -1.02. The number of hydrogen-bond donors (Lipinski definition) is 3. The maximum Gasteiger partial charge on any atom is 0.278 e. The highest BCUT2D eigenvalue weighted by Crippen LogP contribution is 2.23. The van der Waals surface area contributed by atoms with Gasteiger partial charge < -0.3 is 15.1 Å². The highest BCUT2D eigenvalue weighted by atomic mass is 16.2. The summed E-state index contributed by atoms with van der Waals surface area (Å²) in [4.78, 5) is 15.8. The molecule has 3 atom stereocenters. The van der Waals surface area contributed by atoms with Crippen LogP contribution in [0.5, 0.6) is 0 Å². The molecule has 1 aromatic carbocycles. The molecular weight excluding hydrogens is 310 g/mol. The zero-order chi connectivity index (χ0) is 17.6. The van der Waals surface area contributed by atoms with E-state index in [0.717, 1.165) is 39.1 Å². The Balaban J connectivity index is 1.44. The molecule has 4 heteroatoms. The summed E-state index contributed by atoms with van der Waals surface area (Å²) in [6.07, 6.45) is 5.00. The second kappa shape index (κ2) is 8.81. The molecule has 1 saturated carbocycles. The molecule has 0 unspecified atom stereocenters. The Kier molecular flexibility index (Phi) is 6.49. The van der Waals surface area contributed by atoms with E-state index >= 15 is 0 Å². The van der Waals surface area contributed by atoms with E-state index in [1.165, 1.54) is 29.7 Å². The SMILES string of the molecule is C[C@H](C(=O)N[C@H]1CCCC[C@@H]1C)[NH+]1CC[NH+](Cc2ccccc2)CC1. The van der Waals surface area contributed by atoms with Crippen LogP contribution in [0.3, 0.4) is 0 Å². The lowest BCUT2D eigenvalue weighted by Crippen LogP contribution is -3.29. The summed E-state index contributed by atoms with van der Waals surface area (Å²) in [5, 5.41) is 3.35. The highest BCUT2D eigenvalue weighted by Gasteiger charge is 2.33. The Morgan fingerprint density at radius 1 is 1.12 bits per heavy atom. The second-order valence-electron chi connectivity index (χ2n) is 8.17. The average Bonchev–Trinajstić information content (AvgIpc) is 2.64. The molecule has 2 aliphatic rings. The van der Waals surface area contributed by atoms with Crippen molar-refractivity contribution in [3.05, 3.63) is 35.9 Å². The van der Waals surface area contributed by atoms with Gasteiger partial charge in [-0.15, -0.1) is 0 Å². The second-order valence-corrected chi connectivity index (χ2v) is 8.17. The van der Waals surface area contributed by atoms with Gasteiger partial charge in [-0.25, -0.2) is 0 Å². The molecular formula is C21H35N3O+2. The molecule has 138 valence electrons. The number of piperazine rings is 1. The summed E-state index contributed by atoms with van der Waals surface area (Å²) in [7, 11) is 0. The summed E-state index contributed by atoms with van der Waals surface area (Å²) >= 11 is 0. The third kappa shape index (κ3) is 5.05. The van der Waals surface area contributed by atoms with Crippen molar-refractivity contribution in [1.29, 1.82) is 0 Å². The van der Waals surface area contributed by atoms with Crippen molar-refractivity contribution in [3.8, 4) is 0 Å². The summed E-state index contributed by atoms with van der Waals surface area (Å²) in [6, 6.07) is 11.2. The number of quaternary nitrogens is 2. The molecule has 2 fully saturated rings. The zero-order valence-electron chi connectivity index (χ0n) is 15.9. The van der Waals surface area contributed by atoms with E-state index in [9.17, 15) is 4.79 Å². The first-order chi connectivity index (χ1) is 12.1. The quantitative estimate of drug-likeness (QED) is 0.693. The number of hydrogen-bond acceptors (Lipinski definition) is 1. The van der Waals surface area contributed by atoms with Gasteiger partial charge in [-0.05, 0) is 25.7 Å². The smallest absolute Gasteiger partial charge is 0.278 e. The molecule has 0 bridgehead atoms. The largest absolute Gasteiger partial charge is 0.348 e. The highest BCUT2D eigenvalue weighted by molar-refractivity contribution is 5.80. The van der Waals surface area contributed by atoms with Crippen LogP contribution in [0.2, 0.25) is 0 Å². The first-order valence-corrected chi connectivity index (χ1v) is 10.2. The van der Waals surface area contributed by atoms with Crippen LogP contribution in [0.1, 0.15) is 45.1 Å². The third-order valence-corrected chi connectivity index (χ3v) is 6.34. The van der Waals surface area contributed by atoms with Gasteiger partial charge in [0.15, 0.2) is 6.04 Å². The van der Waals surface area contributed by atoms with Gasteiger partial charge >= 0.3 is 0 Å². The lowest BCUT2D eigenvalue weighted by Gasteiger charge is -2.34. The van der Waals surface area contributed by atoms with Gasteiger partial charge in [0.2, 0.25) is 0 Å². The topological polar surface area (TPSA) is 38.0 Å². The minimum Gasteiger partial charge on any atom is -0.348 e. The standard InChI is InChI=1S/C21H33N3O/c1-17-8-6-7-11-20(17)22-21(25)18(2)24-14-12-23(13-15-24)16-19-9-4-3-5-10-19/h3-5,9-10,17-18,20H,6-8,11-16H2,1-2H3,(H,22,25)/p+2/t17-,18+,20-/m0/s1. The van der Waals surface area contributed by atoms with Crippen molar-refractivity contribution in [1.82, 2.24) is 5.32 Å².